The molecule has 0 spiro atoms. The molecule has 1 saturated heterocycles. The molecular weight excluding hydrogens is 312 g/mol. The molecular formula is C18H17ClN2O2. The van der Waals surface area contributed by atoms with Gasteiger partial charge in [-0.15, -0.1) is 0 Å². The average molecular weight is 329 g/mol. The molecule has 0 saturated carbocycles. The van der Waals surface area contributed by atoms with Crippen molar-refractivity contribution in [1.82, 2.24) is 9.55 Å². The number of hydrogen-bond acceptors (Lipinski definition) is 3. The number of hydrogen-bond donors (Lipinski definition) is 1. The van der Waals surface area contributed by atoms with Crippen molar-refractivity contribution >= 4 is 22.6 Å². The molecule has 118 valence electrons. The Labute approximate surface area is 139 Å². The Hall–Kier alpha value is -1.88. The third kappa shape index (κ3) is 2.63. The van der Waals surface area contributed by atoms with Gasteiger partial charge in [-0.3, -0.25) is 0 Å². The lowest BCUT2D eigenvalue weighted by atomic mass is 10.0. The Balaban J connectivity index is 1.79. The summed E-state index contributed by atoms with van der Waals surface area (Å²) in [5.74, 6) is 0. The van der Waals surface area contributed by atoms with Crippen LogP contribution in [0.25, 0.3) is 22.2 Å². The number of imidazole rings is 1. The van der Waals surface area contributed by atoms with Crippen molar-refractivity contribution in [3.8, 4) is 11.1 Å². The minimum atomic E-state index is -0.787. The van der Waals surface area contributed by atoms with E-state index in [-0.39, 0.29) is 0 Å². The van der Waals surface area contributed by atoms with E-state index in [0.29, 0.717) is 19.8 Å². The first-order chi connectivity index (χ1) is 11.0. The monoisotopic (exact) mass is 328 g/mol. The molecule has 0 radical (unpaired) electrons. The van der Waals surface area contributed by atoms with Gasteiger partial charge in [0.05, 0.1) is 37.1 Å². The van der Waals surface area contributed by atoms with Crippen LogP contribution in [0.3, 0.4) is 0 Å². The molecule has 0 unspecified atom stereocenters. The van der Waals surface area contributed by atoms with E-state index in [2.05, 4.69) is 24.0 Å². The highest BCUT2D eigenvalue weighted by molar-refractivity contribution is 6.33. The number of nitrogens with zero attached hydrogens (tertiary/aromatic N) is 2. The van der Waals surface area contributed by atoms with Crippen LogP contribution in [0, 0.1) is 6.92 Å². The average Bonchev–Trinajstić information content (AvgIpc) is 2.90. The summed E-state index contributed by atoms with van der Waals surface area (Å²) < 4.78 is 7.10. The molecule has 3 aromatic rings. The summed E-state index contributed by atoms with van der Waals surface area (Å²) in [4.78, 5) is 4.41. The molecule has 0 bridgehead atoms. The zero-order chi connectivity index (χ0) is 16.0. The number of fused-ring (bicyclic) bond motifs is 1. The zero-order valence-electron chi connectivity index (χ0n) is 12.8. The van der Waals surface area contributed by atoms with Crippen molar-refractivity contribution < 1.29 is 9.84 Å². The number of aromatic nitrogens is 2. The molecule has 1 aliphatic heterocycles. The quantitative estimate of drug-likeness (QED) is 0.801. The van der Waals surface area contributed by atoms with E-state index in [4.69, 9.17) is 16.3 Å². The highest BCUT2D eigenvalue weighted by Crippen LogP contribution is 2.31. The fourth-order valence-corrected chi connectivity index (χ4v) is 3.18. The lowest BCUT2D eigenvalue weighted by Gasteiger charge is -2.36. The molecule has 2 aromatic carbocycles. The fraction of sp³-hybridized carbons (Fsp3) is 0.278. The molecule has 0 aliphatic carbocycles. The molecule has 4 nitrogen and oxygen atoms in total. The smallest absolute Gasteiger partial charge is 0.129 e. The standard InChI is InChI=1S/C18H17ClN2O2/c1-12-2-4-15(19)14(6-12)13-3-5-16-17(7-13)21(11-20-16)8-18(22)9-23-10-18/h2-7,11,22H,8-10H2,1H3. The number of halogens is 1. The van der Waals surface area contributed by atoms with Crippen LogP contribution in [0.2, 0.25) is 5.02 Å². The van der Waals surface area contributed by atoms with Gasteiger partial charge in [-0.2, -0.15) is 0 Å². The van der Waals surface area contributed by atoms with Crippen LogP contribution in [0.1, 0.15) is 5.56 Å². The van der Waals surface area contributed by atoms with Crippen LogP contribution >= 0.6 is 11.6 Å². The lowest BCUT2D eigenvalue weighted by molar-refractivity contribution is -0.184. The molecule has 1 aromatic heterocycles. The Bertz CT molecular complexity index is 884. The molecule has 1 N–H and O–H groups in total. The van der Waals surface area contributed by atoms with Gasteiger partial charge in [0, 0.05) is 10.6 Å². The normalized spacial score (nSPS) is 16.5. The second kappa shape index (κ2) is 5.34. The Kier molecular flexibility index (Phi) is 3.41. The van der Waals surface area contributed by atoms with Gasteiger partial charge >= 0.3 is 0 Å². The highest BCUT2D eigenvalue weighted by atomic mass is 35.5. The van der Waals surface area contributed by atoms with Crippen molar-refractivity contribution in [3.63, 3.8) is 0 Å². The first-order valence-corrected chi connectivity index (χ1v) is 7.93. The van der Waals surface area contributed by atoms with Gasteiger partial charge in [-0.25, -0.2) is 4.98 Å². The second-order valence-electron chi connectivity index (χ2n) is 6.28. The second-order valence-corrected chi connectivity index (χ2v) is 6.68. The van der Waals surface area contributed by atoms with E-state index in [1.807, 2.05) is 28.8 Å². The topological polar surface area (TPSA) is 47.3 Å². The van der Waals surface area contributed by atoms with Crippen molar-refractivity contribution in [2.24, 2.45) is 0 Å². The van der Waals surface area contributed by atoms with E-state index in [1.165, 1.54) is 5.56 Å². The summed E-state index contributed by atoms with van der Waals surface area (Å²) in [5, 5.41) is 11.0. The highest BCUT2D eigenvalue weighted by Gasteiger charge is 2.36. The van der Waals surface area contributed by atoms with E-state index in [9.17, 15) is 5.11 Å². The van der Waals surface area contributed by atoms with Gasteiger partial charge in [0.1, 0.15) is 5.60 Å². The lowest BCUT2D eigenvalue weighted by Crippen LogP contribution is -2.52. The summed E-state index contributed by atoms with van der Waals surface area (Å²) in [6, 6.07) is 12.1. The summed E-state index contributed by atoms with van der Waals surface area (Å²) in [6.45, 7) is 3.27. The van der Waals surface area contributed by atoms with Gasteiger partial charge in [-0.1, -0.05) is 29.3 Å². The van der Waals surface area contributed by atoms with E-state index >= 15 is 0 Å². The number of aryl methyl sites for hydroxylation is 1. The Morgan fingerprint density at radius 1 is 1.26 bits per heavy atom. The largest absolute Gasteiger partial charge is 0.383 e. The molecule has 2 heterocycles. The van der Waals surface area contributed by atoms with Crippen molar-refractivity contribution in [3.05, 3.63) is 53.3 Å². The summed E-state index contributed by atoms with van der Waals surface area (Å²) >= 11 is 6.35. The van der Waals surface area contributed by atoms with Crippen molar-refractivity contribution in [1.29, 1.82) is 0 Å². The Morgan fingerprint density at radius 3 is 2.83 bits per heavy atom. The maximum absolute atomic E-state index is 10.3. The van der Waals surface area contributed by atoms with Crippen LogP contribution in [0.5, 0.6) is 0 Å². The zero-order valence-corrected chi connectivity index (χ0v) is 13.5. The maximum atomic E-state index is 10.3. The number of benzene rings is 2. The van der Waals surface area contributed by atoms with Gasteiger partial charge in [0.2, 0.25) is 0 Å². The molecule has 0 amide bonds. The van der Waals surface area contributed by atoms with Crippen LogP contribution in [-0.4, -0.2) is 33.5 Å². The third-order valence-electron chi connectivity index (χ3n) is 4.26. The summed E-state index contributed by atoms with van der Waals surface area (Å²) in [6.07, 6.45) is 1.77. The Morgan fingerprint density at radius 2 is 2.09 bits per heavy atom. The van der Waals surface area contributed by atoms with Gasteiger partial charge in [0.25, 0.3) is 0 Å². The molecule has 0 atom stereocenters. The molecule has 5 heteroatoms. The maximum Gasteiger partial charge on any atom is 0.129 e. The van der Waals surface area contributed by atoms with Crippen molar-refractivity contribution in [2.45, 2.75) is 19.1 Å². The van der Waals surface area contributed by atoms with Crippen molar-refractivity contribution in [2.75, 3.05) is 13.2 Å². The van der Waals surface area contributed by atoms with Crippen LogP contribution < -0.4 is 0 Å². The predicted octanol–water partition coefficient (Wildman–Crippen LogP) is 3.43. The summed E-state index contributed by atoms with van der Waals surface area (Å²) in [7, 11) is 0. The number of rotatable bonds is 3. The SMILES string of the molecule is Cc1ccc(Cl)c(-c2ccc3ncn(CC4(O)COC4)c3c2)c1. The van der Waals surface area contributed by atoms with Crippen LogP contribution in [0.4, 0.5) is 0 Å². The molecule has 1 fully saturated rings. The minimum absolute atomic E-state index is 0.371. The van der Waals surface area contributed by atoms with Crippen LogP contribution in [0.15, 0.2) is 42.7 Å². The fourth-order valence-electron chi connectivity index (χ4n) is 2.96. The van der Waals surface area contributed by atoms with Crippen LogP contribution in [-0.2, 0) is 11.3 Å². The third-order valence-corrected chi connectivity index (χ3v) is 4.59. The van der Waals surface area contributed by atoms with Gasteiger partial charge in [-0.05, 0) is 36.8 Å². The first-order valence-electron chi connectivity index (χ1n) is 7.56. The minimum Gasteiger partial charge on any atom is -0.383 e. The summed E-state index contributed by atoms with van der Waals surface area (Å²) in [5.41, 5.74) is 4.32. The van der Waals surface area contributed by atoms with E-state index in [0.717, 1.165) is 27.2 Å². The first kappa shape index (κ1) is 14.7. The van der Waals surface area contributed by atoms with Gasteiger partial charge in [0.15, 0.2) is 0 Å². The predicted molar refractivity (Wildman–Crippen MR) is 90.7 cm³/mol. The molecule has 1 aliphatic rings. The van der Waals surface area contributed by atoms with Gasteiger partial charge < -0.3 is 14.4 Å². The number of ether oxygens (including phenoxy) is 1. The molecule has 23 heavy (non-hydrogen) atoms. The molecule has 4 rings (SSSR count). The van der Waals surface area contributed by atoms with E-state index < -0.39 is 5.60 Å². The van der Waals surface area contributed by atoms with E-state index in [1.54, 1.807) is 6.33 Å². The number of aliphatic hydroxyl groups is 1.